The number of para-hydroxylation sites is 1. The summed E-state index contributed by atoms with van der Waals surface area (Å²) in [6, 6.07) is 6.19. The average molecular weight is 399 g/mol. The van der Waals surface area contributed by atoms with Gasteiger partial charge in [-0.05, 0) is 25.1 Å². The summed E-state index contributed by atoms with van der Waals surface area (Å²) in [5, 5.41) is 2.97. The first kappa shape index (κ1) is 19.8. The van der Waals surface area contributed by atoms with Crippen LogP contribution in [0.2, 0.25) is 10.0 Å². The second-order valence-electron chi connectivity index (χ2n) is 5.06. The summed E-state index contributed by atoms with van der Waals surface area (Å²) in [7, 11) is 2.85. The Morgan fingerprint density at radius 1 is 1.19 bits per heavy atom. The first-order chi connectivity index (χ1) is 12.4. The van der Waals surface area contributed by atoms with Crippen LogP contribution >= 0.6 is 23.2 Å². The van der Waals surface area contributed by atoms with Crippen LogP contribution in [0, 0.1) is 0 Å². The molecule has 0 saturated carbocycles. The lowest BCUT2D eigenvalue weighted by Crippen LogP contribution is -2.30. The van der Waals surface area contributed by atoms with Crippen LogP contribution < -0.4 is 14.8 Å². The summed E-state index contributed by atoms with van der Waals surface area (Å²) in [5.74, 6) is -0.635. The molecule has 0 spiro atoms. The van der Waals surface area contributed by atoms with Gasteiger partial charge in [0.25, 0.3) is 5.91 Å². The Kier molecular flexibility index (Phi) is 6.65. The molecule has 7 nitrogen and oxygen atoms in total. The van der Waals surface area contributed by atoms with Crippen molar-refractivity contribution in [3.63, 3.8) is 0 Å². The lowest BCUT2D eigenvalue weighted by Gasteiger charge is -2.16. The zero-order valence-corrected chi connectivity index (χ0v) is 15.7. The monoisotopic (exact) mass is 398 g/mol. The molecule has 0 radical (unpaired) electrons. The van der Waals surface area contributed by atoms with E-state index in [0.717, 1.165) is 0 Å². The minimum absolute atomic E-state index is 0.114. The van der Waals surface area contributed by atoms with Gasteiger partial charge in [0, 0.05) is 6.20 Å². The predicted molar refractivity (Wildman–Crippen MR) is 97.3 cm³/mol. The van der Waals surface area contributed by atoms with E-state index in [4.69, 9.17) is 37.4 Å². The van der Waals surface area contributed by atoms with Gasteiger partial charge in [-0.3, -0.25) is 4.79 Å². The van der Waals surface area contributed by atoms with Gasteiger partial charge in [0.15, 0.2) is 23.4 Å². The van der Waals surface area contributed by atoms with Crippen LogP contribution in [0.3, 0.4) is 0 Å². The fourth-order valence-electron chi connectivity index (χ4n) is 2.05. The van der Waals surface area contributed by atoms with Gasteiger partial charge in [0.1, 0.15) is 5.56 Å². The smallest absolute Gasteiger partial charge is 0.342 e. The molecule has 0 aliphatic carbocycles. The maximum Gasteiger partial charge on any atom is 0.342 e. The normalized spacial score (nSPS) is 11.4. The number of carbonyl (C=O) groups is 2. The molecule has 0 unspecified atom stereocenters. The van der Waals surface area contributed by atoms with Crippen molar-refractivity contribution in [2.45, 2.75) is 13.0 Å². The highest BCUT2D eigenvalue weighted by atomic mass is 35.5. The van der Waals surface area contributed by atoms with Gasteiger partial charge in [-0.25, -0.2) is 9.78 Å². The lowest BCUT2D eigenvalue weighted by atomic mass is 10.2. The number of nitrogens with zero attached hydrogens (tertiary/aromatic N) is 1. The standard InChI is InChI=1S/C17H16Cl2N2O5/c1-9(16(22)21-15-12(19)7-10(18)8-20-15)26-17(23)11-5-4-6-13(24-2)14(11)25-3/h4-9H,1-3H3,(H,20,21,22)/t9-/m1/s1. The highest BCUT2D eigenvalue weighted by Crippen LogP contribution is 2.31. The molecular formula is C17H16Cl2N2O5. The summed E-state index contributed by atoms with van der Waals surface area (Å²) in [5.41, 5.74) is 0.133. The number of amides is 1. The van der Waals surface area contributed by atoms with E-state index in [9.17, 15) is 9.59 Å². The van der Waals surface area contributed by atoms with Crippen molar-refractivity contribution in [1.82, 2.24) is 4.98 Å². The van der Waals surface area contributed by atoms with Crippen LogP contribution in [-0.4, -0.2) is 37.2 Å². The number of methoxy groups -OCH3 is 2. The van der Waals surface area contributed by atoms with Crippen LogP contribution in [0.15, 0.2) is 30.5 Å². The summed E-state index contributed by atoms with van der Waals surface area (Å²) in [4.78, 5) is 28.5. The van der Waals surface area contributed by atoms with Gasteiger partial charge in [-0.1, -0.05) is 29.3 Å². The summed E-state index contributed by atoms with van der Waals surface area (Å²) in [6.07, 6.45) is 0.229. The maximum absolute atomic E-state index is 12.4. The topological polar surface area (TPSA) is 86.8 Å². The Morgan fingerprint density at radius 2 is 1.92 bits per heavy atom. The van der Waals surface area contributed by atoms with E-state index in [1.807, 2.05) is 0 Å². The first-order valence-corrected chi connectivity index (χ1v) is 8.16. The number of aromatic nitrogens is 1. The molecule has 0 bridgehead atoms. The third-order valence-corrected chi connectivity index (χ3v) is 3.82. The summed E-state index contributed by atoms with van der Waals surface area (Å²) in [6.45, 7) is 1.42. The average Bonchev–Trinajstić information content (AvgIpc) is 2.62. The van der Waals surface area contributed by atoms with Gasteiger partial charge >= 0.3 is 5.97 Å². The molecule has 9 heteroatoms. The Labute approximate surface area is 160 Å². The van der Waals surface area contributed by atoms with Crippen molar-refractivity contribution in [3.05, 3.63) is 46.1 Å². The van der Waals surface area contributed by atoms with Crippen molar-refractivity contribution < 1.29 is 23.8 Å². The zero-order valence-electron chi connectivity index (χ0n) is 14.2. The van der Waals surface area contributed by atoms with Gasteiger partial charge in [-0.2, -0.15) is 0 Å². The second kappa shape index (κ2) is 8.73. The van der Waals surface area contributed by atoms with Gasteiger partial charge in [-0.15, -0.1) is 0 Å². The van der Waals surface area contributed by atoms with E-state index in [1.54, 1.807) is 12.1 Å². The van der Waals surface area contributed by atoms with Crippen LogP contribution in [-0.2, 0) is 9.53 Å². The SMILES string of the molecule is COc1cccc(C(=O)O[C@H](C)C(=O)Nc2ncc(Cl)cc2Cl)c1OC. The van der Waals surface area contributed by atoms with Crippen molar-refractivity contribution in [2.75, 3.05) is 19.5 Å². The number of carbonyl (C=O) groups excluding carboxylic acids is 2. The largest absolute Gasteiger partial charge is 0.493 e. The van der Waals surface area contributed by atoms with Gasteiger partial charge < -0.3 is 19.5 Å². The fraction of sp³-hybridized carbons (Fsp3) is 0.235. The minimum atomic E-state index is -1.10. The number of rotatable bonds is 6. The molecule has 1 amide bonds. The molecular weight excluding hydrogens is 383 g/mol. The van der Waals surface area contributed by atoms with E-state index < -0.39 is 18.0 Å². The Balaban J connectivity index is 2.10. The first-order valence-electron chi connectivity index (χ1n) is 7.41. The maximum atomic E-state index is 12.4. The molecule has 1 atom stereocenters. The van der Waals surface area contributed by atoms with E-state index in [1.165, 1.54) is 39.5 Å². The number of ether oxygens (including phenoxy) is 3. The van der Waals surface area contributed by atoms with Crippen LogP contribution in [0.25, 0.3) is 0 Å². The molecule has 1 N–H and O–H groups in total. The Morgan fingerprint density at radius 3 is 2.54 bits per heavy atom. The predicted octanol–water partition coefficient (Wildman–Crippen LogP) is 3.59. The summed E-state index contributed by atoms with van der Waals surface area (Å²) < 4.78 is 15.5. The van der Waals surface area contributed by atoms with Crippen LogP contribution in [0.1, 0.15) is 17.3 Å². The minimum Gasteiger partial charge on any atom is -0.493 e. The van der Waals surface area contributed by atoms with Crippen LogP contribution in [0.4, 0.5) is 5.82 Å². The number of anilines is 1. The number of benzene rings is 1. The molecule has 0 aliphatic heterocycles. The Hall–Kier alpha value is -2.51. The van der Waals surface area contributed by atoms with Crippen molar-refractivity contribution in [1.29, 1.82) is 0 Å². The molecule has 1 aromatic carbocycles. The van der Waals surface area contributed by atoms with E-state index >= 15 is 0 Å². The lowest BCUT2D eigenvalue weighted by molar-refractivity contribution is -0.123. The molecule has 0 fully saturated rings. The van der Waals surface area contributed by atoms with Crippen molar-refractivity contribution in [3.8, 4) is 11.5 Å². The van der Waals surface area contributed by atoms with Gasteiger partial charge in [0.05, 0.1) is 24.3 Å². The van der Waals surface area contributed by atoms with Crippen molar-refractivity contribution >= 4 is 40.9 Å². The third kappa shape index (κ3) is 4.56. The number of esters is 1. The molecule has 138 valence electrons. The Bertz CT molecular complexity index is 829. The number of nitrogens with one attached hydrogen (secondary N) is 1. The second-order valence-corrected chi connectivity index (χ2v) is 5.91. The molecule has 26 heavy (non-hydrogen) atoms. The molecule has 1 aromatic heterocycles. The zero-order chi connectivity index (χ0) is 19.3. The van der Waals surface area contributed by atoms with Gasteiger partial charge in [0.2, 0.25) is 0 Å². The highest BCUT2D eigenvalue weighted by Gasteiger charge is 2.23. The van der Waals surface area contributed by atoms with Crippen molar-refractivity contribution in [2.24, 2.45) is 0 Å². The summed E-state index contributed by atoms with van der Waals surface area (Å²) >= 11 is 11.7. The molecule has 0 saturated heterocycles. The quantitative estimate of drug-likeness (QED) is 0.748. The number of hydrogen-bond donors (Lipinski definition) is 1. The highest BCUT2D eigenvalue weighted by molar-refractivity contribution is 6.36. The van der Waals surface area contributed by atoms with Crippen LogP contribution in [0.5, 0.6) is 11.5 Å². The fourth-order valence-corrected chi connectivity index (χ4v) is 2.48. The number of halogens is 2. The molecule has 2 rings (SSSR count). The molecule has 2 aromatic rings. The van der Waals surface area contributed by atoms with E-state index in [0.29, 0.717) is 10.8 Å². The van der Waals surface area contributed by atoms with E-state index in [-0.39, 0.29) is 22.2 Å². The molecule has 0 aliphatic rings. The number of hydrogen-bond acceptors (Lipinski definition) is 6. The third-order valence-electron chi connectivity index (χ3n) is 3.33. The number of pyridine rings is 1. The van der Waals surface area contributed by atoms with E-state index in [2.05, 4.69) is 10.3 Å². The molecule has 1 heterocycles.